The summed E-state index contributed by atoms with van der Waals surface area (Å²) < 4.78 is 17.5. The van der Waals surface area contributed by atoms with Gasteiger partial charge in [0.05, 0.1) is 24.8 Å². The maximum atomic E-state index is 10.5. The van der Waals surface area contributed by atoms with Crippen LogP contribution in [-0.4, -0.2) is 36.7 Å². The van der Waals surface area contributed by atoms with Crippen molar-refractivity contribution < 1.29 is 19.3 Å². The fourth-order valence-electron chi connectivity index (χ4n) is 4.65. The van der Waals surface area contributed by atoms with Gasteiger partial charge >= 0.3 is 0 Å². The molecule has 0 radical (unpaired) electrons. The molecular weight excluding hydrogens is 470 g/mol. The van der Waals surface area contributed by atoms with Crippen molar-refractivity contribution in [3.8, 4) is 40.2 Å². The topological polar surface area (TPSA) is 60.0 Å². The molecule has 2 heterocycles. The third kappa shape index (κ3) is 5.43. The molecule has 0 atom stereocenters. The number of hydrogen-bond donors (Lipinski definition) is 2. The predicted molar refractivity (Wildman–Crippen MR) is 151 cm³/mol. The van der Waals surface area contributed by atoms with Gasteiger partial charge in [-0.2, -0.15) is 0 Å². The first-order valence-electron chi connectivity index (χ1n) is 12.0. The van der Waals surface area contributed by atoms with Gasteiger partial charge in [-0.25, -0.2) is 0 Å². The Hall–Kier alpha value is -3.27. The molecule has 0 bridgehead atoms. The van der Waals surface area contributed by atoms with Crippen LogP contribution >= 0.6 is 11.8 Å². The lowest BCUT2D eigenvalue weighted by Crippen LogP contribution is -2.32. The van der Waals surface area contributed by atoms with Gasteiger partial charge in [-0.1, -0.05) is 24.1 Å². The highest BCUT2D eigenvalue weighted by Crippen LogP contribution is 2.53. The van der Waals surface area contributed by atoms with Crippen molar-refractivity contribution in [1.29, 1.82) is 0 Å². The molecule has 4 rings (SSSR count). The van der Waals surface area contributed by atoms with Gasteiger partial charge < -0.3 is 24.6 Å². The normalized spacial score (nSPS) is 16.1. The maximum Gasteiger partial charge on any atom is 0.172 e. The molecule has 0 spiro atoms. The minimum Gasteiger partial charge on any atom is -0.504 e. The summed E-state index contributed by atoms with van der Waals surface area (Å²) in [6.07, 6.45) is 7.33. The number of anilines is 1. The number of aromatic hydroxyl groups is 1. The van der Waals surface area contributed by atoms with Gasteiger partial charge in [0.15, 0.2) is 11.5 Å². The van der Waals surface area contributed by atoms with E-state index in [-0.39, 0.29) is 11.3 Å². The van der Waals surface area contributed by atoms with E-state index in [1.54, 1.807) is 31.0 Å². The Morgan fingerprint density at radius 3 is 2.78 bits per heavy atom. The highest BCUT2D eigenvalue weighted by Gasteiger charge is 2.33. The number of nitrogens with one attached hydrogen (secondary N) is 1. The molecule has 5 nitrogen and oxygen atoms in total. The van der Waals surface area contributed by atoms with E-state index in [4.69, 9.17) is 14.2 Å². The van der Waals surface area contributed by atoms with E-state index < -0.39 is 0 Å². The lowest BCUT2D eigenvalue weighted by atomic mass is 9.83. The lowest BCUT2D eigenvalue weighted by Gasteiger charge is -2.35. The summed E-state index contributed by atoms with van der Waals surface area (Å²) in [5, 5.41) is 16.2. The monoisotopic (exact) mass is 503 g/mol. The van der Waals surface area contributed by atoms with Crippen LogP contribution in [0.15, 0.2) is 47.9 Å². The largest absolute Gasteiger partial charge is 0.504 e. The van der Waals surface area contributed by atoms with Crippen molar-refractivity contribution in [2.75, 3.05) is 31.4 Å². The summed E-state index contributed by atoms with van der Waals surface area (Å²) in [6.45, 7) is 9.42. The van der Waals surface area contributed by atoms with Gasteiger partial charge in [0.25, 0.3) is 0 Å². The highest BCUT2D eigenvalue weighted by molar-refractivity contribution is 8.02. The zero-order chi connectivity index (χ0) is 25.7. The summed E-state index contributed by atoms with van der Waals surface area (Å²) in [7, 11) is 1.57. The van der Waals surface area contributed by atoms with Crippen molar-refractivity contribution in [3.05, 3.63) is 59.0 Å². The number of allylic oxidation sites excluding steroid dienone is 1. The fourth-order valence-corrected chi connectivity index (χ4v) is 5.28. The molecule has 6 heteroatoms. The van der Waals surface area contributed by atoms with Gasteiger partial charge in [0.2, 0.25) is 0 Å². The van der Waals surface area contributed by atoms with Crippen LogP contribution in [-0.2, 0) is 4.74 Å². The van der Waals surface area contributed by atoms with E-state index >= 15 is 0 Å². The number of fused-ring (bicyclic) bond motifs is 5. The van der Waals surface area contributed by atoms with Crippen LogP contribution in [0.4, 0.5) is 5.69 Å². The quantitative estimate of drug-likeness (QED) is 0.296. The predicted octanol–water partition coefficient (Wildman–Crippen LogP) is 7.09. The molecule has 0 aliphatic carbocycles. The van der Waals surface area contributed by atoms with Gasteiger partial charge in [-0.3, -0.25) is 0 Å². The second kappa shape index (κ2) is 11.2. The Kier molecular flexibility index (Phi) is 8.03. The zero-order valence-corrected chi connectivity index (χ0v) is 22.3. The SMILES string of the molecule is CC#CCOCC/C=C\SC/C=C1\Oc2ccc(O)c(OC)c2-c2ccc3c(c21)C(C)=CC(C)(C)N3. The standard InChI is InChI=1S/C30H33NO4S/c1-6-7-15-34-16-8-9-17-36-18-14-25-27-21(28-24(35-25)13-12-23(32)29(28)33-5)10-11-22-26(27)20(2)19-30(3,4)31-22/h9-14,17,19,31-32H,8,15-16,18H2,1-5H3/b17-9-,25-14-. The molecule has 188 valence electrons. The second-order valence-electron chi connectivity index (χ2n) is 9.22. The summed E-state index contributed by atoms with van der Waals surface area (Å²) in [6, 6.07) is 7.60. The van der Waals surface area contributed by atoms with Crippen LogP contribution in [0.3, 0.4) is 0 Å². The highest BCUT2D eigenvalue weighted by atomic mass is 32.2. The van der Waals surface area contributed by atoms with Crippen molar-refractivity contribution in [2.45, 2.75) is 39.7 Å². The molecule has 2 aromatic rings. The van der Waals surface area contributed by atoms with Crippen LogP contribution in [0.1, 0.15) is 45.2 Å². The molecule has 0 aromatic heterocycles. The minimum atomic E-state index is -0.147. The maximum absolute atomic E-state index is 10.5. The van der Waals surface area contributed by atoms with Crippen molar-refractivity contribution >= 4 is 28.8 Å². The number of thioether (sulfide) groups is 1. The molecule has 0 amide bonds. The third-order valence-electron chi connectivity index (χ3n) is 6.01. The number of rotatable bonds is 8. The molecule has 2 N–H and O–H groups in total. The minimum absolute atomic E-state index is 0.0916. The number of phenols is 1. The summed E-state index contributed by atoms with van der Waals surface area (Å²) in [5.41, 5.74) is 5.98. The van der Waals surface area contributed by atoms with Gasteiger partial charge in [-0.05, 0) is 69.4 Å². The van der Waals surface area contributed by atoms with E-state index in [0.29, 0.717) is 24.7 Å². The first kappa shape index (κ1) is 25.8. The van der Waals surface area contributed by atoms with E-state index in [9.17, 15) is 5.11 Å². The van der Waals surface area contributed by atoms with E-state index in [2.05, 4.69) is 73.7 Å². The number of phenolic OH excluding ortho intramolecular Hbond substituents is 1. The van der Waals surface area contributed by atoms with Crippen molar-refractivity contribution in [3.63, 3.8) is 0 Å². The molecule has 2 aliphatic rings. The molecule has 0 saturated carbocycles. The Labute approximate surface area is 218 Å². The van der Waals surface area contributed by atoms with Crippen LogP contribution in [0.5, 0.6) is 17.2 Å². The lowest BCUT2D eigenvalue weighted by molar-refractivity contribution is 0.172. The molecule has 36 heavy (non-hydrogen) atoms. The molecule has 0 saturated heterocycles. The van der Waals surface area contributed by atoms with Gasteiger partial charge in [0, 0.05) is 28.1 Å². The number of benzene rings is 2. The summed E-state index contributed by atoms with van der Waals surface area (Å²) >= 11 is 1.70. The average molecular weight is 504 g/mol. The van der Waals surface area contributed by atoms with Gasteiger partial charge in [0.1, 0.15) is 18.1 Å². The van der Waals surface area contributed by atoms with Crippen molar-refractivity contribution in [1.82, 2.24) is 0 Å². The Bertz CT molecular complexity index is 1290. The van der Waals surface area contributed by atoms with Crippen LogP contribution in [0, 0.1) is 11.8 Å². The van der Waals surface area contributed by atoms with Crippen molar-refractivity contribution in [2.24, 2.45) is 0 Å². The van der Waals surface area contributed by atoms with Crippen LogP contribution in [0.2, 0.25) is 0 Å². The van der Waals surface area contributed by atoms with Crippen LogP contribution < -0.4 is 14.8 Å². The summed E-state index contributed by atoms with van der Waals surface area (Å²) in [5.74, 6) is 8.46. The third-order valence-corrected chi connectivity index (χ3v) is 6.75. The van der Waals surface area contributed by atoms with E-state index in [1.165, 1.54) is 5.57 Å². The molecular formula is C30H33NO4S. The zero-order valence-electron chi connectivity index (χ0n) is 21.5. The van der Waals surface area contributed by atoms with Gasteiger partial charge in [-0.15, -0.1) is 17.7 Å². The molecule has 2 aliphatic heterocycles. The molecule has 0 fully saturated rings. The molecule has 0 unspecified atom stereocenters. The number of ether oxygens (including phenoxy) is 3. The Balaban J connectivity index is 1.65. The van der Waals surface area contributed by atoms with E-state index in [1.807, 2.05) is 6.92 Å². The number of hydrogen-bond acceptors (Lipinski definition) is 6. The average Bonchev–Trinajstić information content (AvgIpc) is 2.84. The first-order valence-corrected chi connectivity index (χ1v) is 13.1. The number of methoxy groups -OCH3 is 1. The molecule has 2 aromatic carbocycles. The Morgan fingerprint density at radius 1 is 1.17 bits per heavy atom. The second-order valence-corrected chi connectivity index (χ2v) is 10.2. The Morgan fingerprint density at radius 2 is 2.00 bits per heavy atom. The van der Waals surface area contributed by atoms with Crippen LogP contribution in [0.25, 0.3) is 22.5 Å². The first-order chi connectivity index (χ1) is 17.4. The fraction of sp³-hybridized carbons (Fsp3) is 0.333. The smallest absolute Gasteiger partial charge is 0.172 e. The summed E-state index contributed by atoms with van der Waals surface area (Å²) in [4.78, 5) is 0. The van der Waals surface area contributed by atoms with E-state index in [0.717, 1.165) is 45.9 Å².